The maximum absolute atomic E-state index is 5.19. The summed E-state index contributed by atoms with van der Waals surface area (Å²) in [4.78, 5) is 0. The zero-order valence-electron chi connectivity index (χ0n) is 15.5. The second-order valence-electron chi connectivity index (χ2n) is 6.70. The highest BCUT2D eigenvalue weighted by molar-refractivity contribution is 7.80. The molecule has 0 saturated carbocycles. The Hall–Kier alpha value is -0.350. The van der Waals surface area contributed by atoms with Crippen molar-refractivity contribution in [3.05, 3.63) is 0 Å². The predicted molar refractivity (Wildman–Crippen MR) is 107 cm³/mol. The molecule has 0 rings (SSSR count). The molecule has 0 aromatic carbocycles. The monoisotopic (exact) mass is 343 g/mol. The van der Waals surface area contributed by atoms with Crippen LogP contribution in [0.2, 0.25) is 0 Å². The first-order valence-electron chi connectivity index (χ1n) is 10.1. The Bertz CT molecular complexity index is 247. The first-order chi connectivity index (χ1) is 11.3. The lowest BCUT2D eigenvalue weighted by atomic mass is 10.0. The van der Waals surface area contributed by atoms with Gasteiger partial charge in [0.1, 0.15) is 0 Å². The third-order valence-electron chi connectivity index (χ3n) is 4.45. The standard InChI is InChI=1S/C19H41N3S/c1-2-3-4-5-6-7-8-9-10-11-12-13-14-15-16-17-18-21-19(23)22-20/h2-18,20H2,1H3,(H2,21,22,23). The van der Waals surface area contributed by atoms with Crippen LogP contribution in [0.5, 0.6) is 0 Å². The van der Waals surface area contributed by atoms with Gasteiger partial charge in [0.05, 0.1) is 0 Å². The van der Waals surface area contributed by atoms with Crippen molar-refractivity contribution < 1.29 is 0 Å². The van der Waals surface area contributed by atoms with Crippen LogP contribution >= 0.6 is 12.2 Å². The van der Waals surface area contributed by atoms with Gasteiger partial charge < -0.3 is 10.7 Å². The molecule has 0 bridgehead atoms. The molecule has 4 heteroatoms. The molecule has 0 unspecified atom stereocenters. The third-order valence-corrected chi connectivity index (χ3v) is 4.71. The van der Waals surface area contributed by atoms with Crippen molar-refractivity contribution in [2.24, 2.45) is 5.84 Å². The Morgan fingerprint density at radius 3 is 1.35 bits per heavy atom. The van der Waals surface area contributed by atoms with Gasteiger partial charge in [-0.1, -0.05) is 103 Å². The maximum atomic E-state index is 5.19. The van der Waals surface area contributed by atoms with Crippen LogP contribution in [0.1, 0.15) is 110 Å². The van der Waals surface area contributed by atoms with Crippen molar-refractivity contribution in [3.8, 4) is 0 Å². The minimum absolute atomic E-state index is 0.547. The van der Waals surface area contributed by atoms with Crippen molar-refractivity contribution >= 4 is 17.3 Å². The van der Waals surface area contributed by atoms with Gasteiger partial charge in [-0.15, -0.1) is 0 Å². The molecule has 0 saturated heterocycles. The van der Waals surface area contributed by atoms with Crippen LogP contribution in [0, 0.1) is 0 Å². The summed E-state index contributed by atoms with van der Waals surface area (Å²) in [7, 11) is 0. The van der Waals surface area contributed by atoms with E-state index in [0.717, 1.165) is 6.54 Å². The molecule has 0 fully saturated rings. The fourth-order valence-corrected chi connectivity index (χ4v) is 3.03. The Morgan fingerprint density at radius 2 is 1.00 bits per heavy atom. The number of hydrogen-bond donors (Lipinski definition) is 3. The summed E-state index contributed by atoms with van der Waals surface area (Å²) >= 11 is 4.92. The van der Waals surface area contributed by atoms with E-state index in [2.05, 4.69) is 17.7 Å². The van der Waals surface area contributed by atoms with Gasteiger partial charge in [0.25, 0.3) is 0 Å². The van der Waals surface area contributed by atoms with Crippen LogP contribution in [-0.2, 0) is 0 Å². The molecule has 0 heterocycles. The van der Waals surface area contributed by atoms with Crippen molar-refractivity contribution in [1.29, 1.82) is 0 Å². The van der Waals surface area contributed by atoms with E-state index in [4.69, 9.17) is 18.1 Å². The molecule has 0 aliphatic heterocycles. The van der Waals surface area contributed by atoms with E-state index in [9.17, 15) is 0 Å². The molecule has 0 aliphatic rings. The molecule has 0 amide bonds. The minimum atomic E-state index is 0.547. The summed E-state index contributed by atoms with van der Waals surface area (Å²) in [5.41, 5.74) is 2.44. The second kappa shape index (κ2) is 19.7. The lowest BCUT2D eigenvalue weighted by Gasteiger charge is -2.06. The summed E-state index contributed by atoms with van der Waals surface area (Å²) in [6.45, 7) is 3.22. The number of nitrogens with two attached hydrogens (primary N) is 1. The Kier molecular flexibility index (Phi) is 19.4. The van der Waals surface area contributed by atoms with Crippen LogP contribution < -0.4 is 16.6 Å². The molecule has 3 nitrogen and oxygen atoms in total. The lowest BCUT2D eigenvalue weighted by molar-refractivity contribution is 0.529. The van der Waals surface area contributed by atoms with E-state index >= 15 is 0 Å². The SMILES string of the molecule is CCCCCCCCCCCCCCCCCCNC(=S)NN. The quantitative estimate of drug-likeness (QED) is 0.139. The van der Waals surface area contributed by atoms with E-state index in [0.29, 0.717) is 5.11 Å². The molecule has 138 valence electrons. The predicted octanol–water partition coefficient (Wildman–Crippen LogP) is 5.59. The average molecular weight is 344 g/mol. The van der Waals surface area contributed by atoms with Crippen LogP contribution in [0.15, 0.2) is 0 Å². The first kappa shape index (κ1) is 22.6. The number of hydrogen-bond acceptors (Lipinski definition) is 2. The Morgan fingerprint density at radius 1 is 0.652 bits per heavy atom. The van der Waals surface area contributed by atoms with E-state index in [1.165, 1.54) is 103 Å². The normalized spacial score (nSPS) is 10.7. The van der Waals surface area contributed by atoms with Crippen LogP contribution in [-0.4, -0.2) is 11.7 Å². The van der Waals surface area contributed by atoms with Gasteiger partial charge in [-0.3, -0.25) is 0 Å². The minimum Gasteiger partial charge on any atom is -0.362 e. The summed E-state index contributed by atoms with van der Waals surface area (Å²) in [6, 6.07) is 0. The first-order valence-corrected chi connectivity index (χ1v) is 10.5. The van der Waals surface area contributed by atoms with Crippen molar-refractivity contribution in [1.82, 2.24) is 10.7 Å². The lowest BCUT2D eigenvalue weighted by Crippen LogP contribution is -2.39. The van der Waals surface area contributed by atoms with Crippen molar-refractivity contribution in [2.45, 2.75) is 110 Å². The zero-order valence-corrected chi connectivity index (χ0v) is 16.3. The van der Waals surface area contributed by atoms with E-state index in [1.807, 2.05) is 0 Å². The van der Waals surface area contributed by atoms with Gasteiger partial charge in [0.2, 0.25) is 0 Å². The van der Waals surface area contributed by atoms with Gasteiger partial charge in [-0.2, -0.15) is 0 Å². The summed E-state index contributed by atoms with van der Waals surface area (Å²) in [5.74, 6) is 5.19. The van der Waals surface area contributed by atoms with E-state index in [-0.39, 0.29) is 0 Å². The van der Waals surface area contributed by atoms with Crippen LogP contribution in [0.4, 0.5) is 0 Å². The Balaban J connectivity index is 2.99. The maximum Gasteiger partial charge on any atom is 0.180 e. The smallest absolute Gasteiger partial charge is 0.180 e. The van der Waals surface area contributed by atoms with Crippen molar-refractivity contribution in [2.75, 3.05) is 6.54 Å². The highest BCUT2D eigenvalue weighted by Gasteiger charge is 1.95. The number of rotatable bonds is 17. The summed E-state index contributed by atoms with van der Waals surface area (Å²) in [6.07, 6.45) is 22.4. The molecule has 0 atom stereocenters. The summed E-state index contributed by atoms with van der Waals surface area (Å²) in [5, 5.41) is 3.62. The van der Waals surface area contributed by atoms with Crippen LogP contribution in [0.25, 0.3) is 0 Å². The molecular formula is C19H41N3S. The average Bonchev–Trinajstić information content (AvgIpc) is 2.57. The second-order valence-corrected chi connectivity index (χ2v) is 7.11. The fraction of sp³-hybridized carbons (Fsp3) is 0.947. The third kappa shape index (κ3) is 19.6. The zero-order chi connectivity index (χ0) is 17.0. The number of thiocarbonyl (C=S) groups is 1. The highest BCUT2D eigenvalue weighted by Crippen LogP contribution is 2.13. The topological polar surface area (TPSA) is 50.1 Å². The molecule has 0 radical (unpaired) electrons. The molecule has 0 spiro atoms. The Labute approximate surface area is 150 Å². The molecule has 0 aromatic heterocycles. The summed E-state index contributed by atoms with van der Waals surface area (Å²) < 4.78 is 0. The van der Waals surface area contributed by atoms with Crippen molar-refractivity contribution in [3.63, 3.8) is 0 Å². The molecule has 4 N–H and O–H groups in total. The van der Waals surface area contributed by atoms with Crippen LogP contribution in [0.3, 0.4) is 0 Å². The highest BCUT2D eigenvalue weighted by atomic mass is 32.1. The number of hydrazine groups is 1. The largest absolute Gasteiger partial charge is 0.362 e. The van der Waals surface area contributed by atoms with E-state index < -0.39 is 0 Å². The van der Waals surface area contributed by atoms with Gasteiger partial charge in [-0.25, -0.2) is 5.84 Å². The molecular weight excluding hydrogens is 302 g/mol. The van der Waals surface area contributed by atoms with Gasteiger partial charge in [0, 0.05) is 6.54 Å². The van der Waals surface area contributed by atoms with Gasteiger partial charge in [-0.05, 0) is 18.6 Å². The molecule has 0 aromatic rings. The van der Waals surface area contributed by atoms with E-state index in [1.54, 1.807) is 0 Å². The molecule has 0 aliphatic carbocycles. The molecule has 23 heavy (non-hydrogen) atoms. The van der Waals surface area contributed by atoms with Gasteiger partial charge in [0.15, 0.2) is 5.11 Å². The van der Waals surface area contributed by atoms with Gasteiger partial charge >= 0.3 is 0 Å². The fourth-order valence-electron chi connectivity index (χ4n) is 2.93. The number of nitrogens with one attached hydrogen (secondary N) is 2. The number of unbranched alkanes of at least 4 members (excludes halogenated alkanes) is 15.